The summed E-state index contributed by atoms with van der Waals surface area (Å²) in [6.07, 6.45) is 0.987. The first-order valence-electron chi connectivity index (χ1n) is 4.77. The summed E-state index contributed by atoms with van der Waals surface area (Å²) >= 11 is 6.00. The van der Waals surface area contributed by atoms with Crippen LogP contribution in [0, 0.1) is 6.92 Å². The van der Waals surface area contributed by atoms with Gasteiger partial charge >= 0.3 is 0 Å². The van der Waals surface area contributed by atoms with Crippen LogP contribution in [0.15, 0.2) is 18.2 Å². The lowest BCUT2D eigenvalue weighted by molar-refractivity contribution is 0.310. The molecule has 3 heteroatoms. The van der Waals surface area contributed by atoms with Gasteiger partial charge in [-0.1, -0.05) is 17.7 Å². The number of benzene rings is 1. The highest BCUT2D eigenvalue weighted by Gasteiger charge is 2.00. The molecule has 0 aliphatic rings. The first-order valence-corrected chi connectivity index (χ1v) is 5.15. The first-order chi connectivity index (χ1) is 6.74. The third-order valence-electron chi connectivity index (χ3n) is 1.92. The highest BCUT2D eigenvalue weighted by molar-refractivity contribution is 6.32. The molecule has 14 heavy (non-hydrogen) atoms. The Kier molecular flexibility index (Phi) is 4.77. The van der Waals surface area contributed by atoms with E-state index < -0.39 is 0 Å². The van der Waals surface area contributed by atoms with E-state index in [2.05, 4.69) is 5.32 Å². The van der Waals surface area contributed by atoms with Gasteiger partial charge in [0.2, 0.25) is 0 Å². The van der Waals surface area contributed by atoms with Crippen LogP contribution in [0.3, 0.4) is 0 Å². The fraction of sp³-hybridized carbons (Fsp3) is 0.455. The third kappa shape index (κ3) is 3.56. The number of halogens is 1. The van der Waals surface area contributed by atoms with Gasteiger partial charge in [0.05, 0.1) is 11.6 Å². The summed E-state index contributed by atoms with van der Waals surface area (Å²) in [7, 11) is 1.93. The summed E-state index contributed by atoms with van der Waals surface area (Å²) in [5.41, 5.74) is 1.15. The number of hydrogen-bond donors (Lipinski definition) is 1. The average molecular weight is 214 g/mol. The van der Waals surface area contributed by atoms with Crippen LogP contribution in [0.5, 0.6) is 5.75 Å². The molecule has 0 amide bonds. The van der Waals surface area contributed by atoms with Crippen LogP contribution < -0.4 is 10.1 Å². The molecule has 0 aromatic heterocycles. The quantitative estimate of drug-likeness (QED) is 0.760. The molecular weight excluding hydrogens is 198 g/mol. The Morgan fingerprint density at radius 3 is 2.86 bits per heavy atom. The number of rotatable bonds is 5. The molecule has 0 fully saturated rings. The lowest BCUT2D eigenvalue weighted by Crippen LogP contribution is -2.11. The molecule has 0 aliphatic heterocycles. The zero-order valence-electron chi connectivity index (χ0n) is 8.64. The molecule has 1 aromatic carbocycles. The molecule has 1 rings (SSSR count). The Labute approximate surface area is 90.2 Å². The van der Waals surface area contributed by atoms with Crippen LogP contribution in [0.4, 0.5) is 0 Å². The van der Waals surface area contributed by atoms with Crippen molar-refractivity contribution in [2.45, 2.75) is 13.3 Å². The monoisotopic (exact) mass is 213 g/mol. The smallest absolute Gasteiger partial charge is 0.137 e. The lowest BCUT2D eigenvalue weighted by Gasteiger charge is -2.08. The molecule has 0 bridgehead atoms. The molecule has 0 aliphatic carbocycles. The van der Waals surface area contributed by atoms with E-state index in [1.54, 1.807) is 0 Å². The first kappa shape index (κ1) is 11.3. The number of aryl methyl sites for hydroxylation is 1. The van der Waals surface area contributed by atoms with Crippen LogP contribution in [0.2, 0.25) is 5.02 Å². The van der Waals surface area contributed by atoms with Crippen LogP contribution >= 0.6 is 11.6 Å². The molecular formula is C11H16ClNO. The van der Waals surface area contributed by atoms with E-state index in [9.17, 15) is 0 Å². The van der Waals surface area contributed by atoms with Crippen molar-refractivity contribution in [1.82, 2.24) is 5.32 Å². The van der Waals surface area contributed by atoms with Crippen molar-refractivity contribution in [3.8, 4) is 5.75 Å². The Morgan fingerprint density at radius 2 is 2.21 bits per heavy atom. The molecule has 1 N–H and O–H groups in total. The molecule has 0 heterocycles. The van der Waals surface area contributed by atoms with Crippen LogP contribution in [-0.4, -0.2) is 20.2 Å². The lowest BCUT2D eigenvalue weighted by atomic mass is 10.2. The van der Waals surface area contributed by atoms with Crippen molar-refractivity contribution < 1.29 is 4.74 Å². The second kappa shape index (κ2) is 5.89. The van der Waals surface area contributed by atoms with Crippen LogP contribution in [0.1, 0.15) is 12.0 Å². The summed E-state index contributed by atoms with van der Waals surface area (Å²) < 4.78 is 5.52. The fourth-order valence-electron chi connectivity index (χ4n) is 1.15. The summed E-state index contributed by atoms with van der Waals surface area (Å²) in [5.74, 6) is 0.772. The zero-order chi connectivity index (χ0) is 10.4. The second-order valence-electron chi connectivity index (χ2n) is 3.24. The van der Waals surface area contributed by atoms with Gasteiger partial charge in [0.25, 0.3) is 0 Å². The summed E-state index contributed by atoms with van der Waals surface area (Å²) in [5, 5.41) is 3.75. The SMILES string of the molecule is CNCCCOc1ccc(C)cc1Cl. The summed E-state index contributed by atoms with van der Waals surface area (Å²) in [6.45, 7) is 3.67. The van der Waals surface area contributed by atoms with E-state index in [0.717, 1.165) is 24.3 Å². The number of ether oxygens (including phenoxy) is 1. The van der Waals surface area contributed by atoms with Crippen molar-refractivity contribution in [2.75, 3.05) is 20.2 Å². The number of nitrogens with one attached hydrogen (secondary N) is 1. The highest BCUT2D eigenvalue weighted by Crippen LogP contribution is 2.24. The third-order valence-corrected chi connectivity index (χ3v) is 2.21. The molecule has 0 radical (unpaired) electrons. The van der Waals surface area contributed by atoms with Gasteiger partial charge in [-0.2, -0.15) is 0 Å². The topological polar surface area (TPSA) is 21.3 Å². The normalized spacial score (nSPS) is 10.2. The molecule has 0 spiro atoms. The van der Waals surface area contributed by atoms with Crippen molar-refractivity contribution in [3.05, 3.63) is 28.8 Å². The number of hydrogen-bond acceptors (Lipinski definition) is 2. The minimum atomic E-state index is 0.689. The minimum absolute atomic E-state index is 0.689. The van der Waals surface area contributed by atoms with Gasteiger partial charge in [0.1, 0.15) is 5.75 Å². The van der Waals surface area contributed by atoms with Crippen molar-refractivity contribution >= 4 is 11.6 Å². The van der Waals surface area contributed by atoms with E-state index in [0.29, 0.717) is 11.6 Å². The van der Waals surface area contributed by atoms with Gasteiger partial charge in [-0.15, -0.1) is 0 Å². The van der Waals surface area contributed by atoms with Gasteiger partial charge in [0, 0.05) is 0 Å². The molecule has 0 unspecified atom stereocenters. The Hall–Kier alpha value is -0.730. The largest absolute Gasteiger partial charge is 0.492 e. The van der Waals surface area contributed by atoms with E-state index in [-0.39, 0.29) is 0 Å². The van der Waals surface area contributed by atoms with Gasteiger partial charge in [-0.3, -0.25) is 0 Å². The van der Waals surface area contributed by atoms with Gasteiger partial charge in [-0.25, -0.2) is 0 Å². The maximum atomic E-state index is 6.00. The fourth-order valence-corrected chi connectivity index (χ4v) is 1.44. The maximum Gasteiger partial charge on any atom is 0.137 e. The maximum absolute atomic E-state index is 6.00. The second-order valence-corrected chi connectivity index (χ2v) is 3.65. The standard InChI is InChI=1S/C11H16ClNO/c1-9-4-5-11(10(12)8-9)14-7-3-6-13-2/h4-5,8,13H,3,6-7H2,1-2H3. The minimum Gasteiger partial charge on any atom is -0.492 e. The van der Waals surface area contributed by atoms with E-state index >= 15 is 0 Å². The highest BCUT2D eigenvalue weighted by atomic mass is 35.5. The predicted octanol–water partition coefficient (Wildman–Crippen LogP) is 2.64. The van der Waals surface area contributed by atoms with Gasteiger partial charge in [-0.05, 0) is 44.6 Å². The predicted molar refractivity (Wildman–Crippen MR) is 60.2 cm³/mol. The Bertz CT molecular complexity index is 289. The van der Waals surface area contributed by atoms with Crippen molar-refractivity contribution in [1.29, 1.82) is 0 Å². The Balaban J connectivity index is 2.42. The molecule has 0 atom stereocenters. The molecule has 78 valence electrons. The molecule has 0 saturated heterocycles. The van der Waals surface area contributed by atoms with Crippen LogP contribution in [-0.2, 0) is 0 Å². The average Bonchev–Trinajstić information content (AvgIpc) is 2.15. The summed E-state index contributed by atoms with van der Waals surface area (Å²) in [6, 6.07) is 5.82. The van der Waals surface area contributed by atoms with Crippen LogP contribution in [0.25, 0.3) is 0 Å². The van der Waals surface area contributed by atoms with E-state index in [1.165, 1.54) is 0 Å². The van der Waals surface area contributed by atoms with E-state index in [1.807, 2.05) is 32.2 Å². The van der Waals surface area contributed by atoms with Gasteiger partial charge < -0.3 is 10.1 Å². The van der Waals surface area contributed by atoms with Gasteiger partial charge in [0.15, 0.2) is 0 Å². The molecule has 2 nitrogen and oxygen atoms in total. The summed E-state index contributed by atoms with van der Waals surface area (Å²) in [4.78, 5) is 0. The zero-order valence-corrected chi connectivity index (χ0v) is 9.40. The van der Waals surface area contributed by atoms with Crippen molar-refractivity contribution in [3.63, 3.8) is 0 Å². The Morgan fingerprint density at radius 1 is 1.43 bits per heavy atom. The molecule has 0 saturated carbocycles. The molecule has 1 aromatic rings. The van der Waals surface area contributed by atoms with Crippen molar-refractivity contribution in [2.24, 2.45) is 0 Å². The van der Waals surface area contributed by atoms with E-state index in [4.69, 9.17) is 16.3 Å².